The topological polar surface area (TPSA) is 65.6 Å². The highest BCUT2D eigenvalue weighted by molar-refractivity contribution is 7.89. The van der Waals surface area contributed by atoms with Crippen LogP contribution >= 0.6 is 0 Å². The van der Waals surface area contributed by atoms with Crippen LogP contribution in [0, 0.1) is 25.2 Å². The number of hydrogen-bond acceptors (Lipinski definition) is 3. The number of aryl methyl sites for hydroxylation is 2. The summed E-state index contributed by atoms with van der Waals surface area (Å²) in [6, 6.07) is 15.1. The smallest absolute Gasteiger partial charge is 0.243 e. The standard InChI is InChI=1S/C20H23N3O2S/c1-16-6-7-20(12-17(16)2)26(24,25)23-10-8-22(9-11-23)15-19-5-3-4-18(13-19)14-21/h3-7,12-13H,8-11,15H2,1-2H3/p+1. The number of nitriles is 1. The first-order chi connectivity index (χ1) is 12.4. The Hall–Kier alpha value is -2.20. The molecule has 0 atom stereocenters. The highest BCUT2D eigenvalue weighted by Gasteiger charge is 2.30. The molecular formula is C20H24N3O2S+. The van der Waals surface area contributed by atoms with Crippen LogP contribution in [0.25, 0.3) is 0 Å². The van der Waals surface area contributed by atoms with Crippen molar-refractivity contribution >= 4 is 10.0 Å². The maximum atomic E-state index is 12.9. The van der Waals surface area contributed by atoms with Crippen molar-refractivity contribution in [2.45, 2.75) is 25.3 Å². The molecule has 1 aliphatic rings. The van der Waals surface area contributed by atoms with Crippen molar-refractivity contribution in [1.82, 2.24) is 4.31 Å². The summed E-state index contributed by atoms with van der Waals surface area (Å²) >= 11 is 0. The molecular weight excluding hydrogens is 346 g/mol. The van der Waals surface area contributed by atoms with Crippen molar-refractivity contribution in [2.75, 3.05) is 26.2 Å². The van der Waals surface area contributed by atoms with Gasteiger partial charge in [0.05, 0.1) is 42.7 Å². The SMILES string of the molecule is Cc1ccc(S(=O)(=O)N2CC[NH+](Cc3cccc(C#N)c3)CC2)cc1C. The summed E-state index contributed by atoms with van der Waals surface area (Å²) in [5, 5.41) is 9.01. The molecule has 1 fully saturated rings. The molecule has 3 rings (SSSR count). The van der Waals surface area contributed by atoms with Crippen LogP contribution in [0.5, 0.6) is 0 Å². The van der Waals surface area contributed by atoms with Crippen molar-refractivity contribution in [3.63, 3.8) is 0 Å². The molecule has 0 saturated carbocycles. The molecule has 0 aromatic heterocycles. The Morgan fingerprint density at radius 2 is 1.81 bits per heavy atom. The third-order valence-electron chi connectivity index (χ3n) is 5.06. The molecule has 1 N–H and O–H groups in total. The largest absolute Gasteiger partial charge is 0.329 e. The Balaban J connectivity index is 1.65. The van der Waals surface area contributed by atoms with Crippen molar-refractivity contribution in [2.24, 2.45) is 0 Å². The first-order valence-electron chi connectivity index (χ1n) is 8.80. The summed E-state index contributed by atoms with van der Waals surface area (Å²) in [6.45, 7) is 7.29. The molecule has 0 amide bonds. The Labute approximate surface area is 155 Å². The van der Waals surface area contributed by atoms with Gasteiger partial charge in [-0.15, -0.1) is 0 Å². The highest BCUT2D eigenvalue weighted by Crippen LogP contribution is 2.19. The average Bonchev–Trinajstić information content (AvgIpc) is 2.64. The first kappa shape index (κ1) is 18.6. The van der Waals surface area contributed by atoms with E-state index < -0.39 is 10.0 Å². The molecule has 1 saturated heterocycles. The van der Waals surface area contributed by atoms with Gasteiger partial charge in [-0.3, -0.25) is 0 Å². The third kappa shape index (κ3) is 3.96. The van der Waals surface area contributed by atoms with Gasteiger partial charge in [0.25, 0.3) is 0 Å². The fourth-order valence-electron chi connectivity index (χ4n) is 3.28. The summed E-state index contributed by atoms with van der Waals surface area (Å²) in [7, 11) is -3.43. The van der Waals surface area contributed by atoms with Crippen LogP contribution in [0.4, 0.5) is 0 Å². The van der Waals surface area contributed by atoms with E-state index in [2.05, 4.69) is 6.07 Å². The highest BCUT2D eigenvalue weighted by atomic mass is 32.2. The number of quaternary nitrogens is 1. The number of piperazine rings is 1. The monoisotopic (exact) mass is 370 g/mol. The van der Waals surface area contributed by atoms with Crippen LogP contribution < -0.4 is 4.90 Å². The van der Waals surface area contributed by atoms with Gasteiger partial charge in [-0.25, -0.2) is 8.42 Å². The molecule has 5 nitrogen and oxygen atoms in total. The van der Waals surface area contributed by atoms with Crippen LogP contribution in [0.3, 0.4) is 0 Å². The predicted molar refractivity (Wildman–Crippen MR) is 100 cm³/mol. The van der Waals surface area contributed by atoms with E-state index in [9.17, 15) is 8.42 Å². The van der Waals surface area contributed by atoms with Crippen molar-refractivity contribution in [3.05, 3.63) is 64.7 Å². The number of nitrogens with one attached hydrogen (secondary N) is 1. The molecule has 2 aromatic rings. The summed E-state index contributed by atoms with van der Waals surface area (Å²) in [4.78, 5) is 1.72. The zero-order valence-electron chi connectivity index (χ0n) is 15.2. The van der Waals surface area contributed by atoms with E-state index in [1.54, 1.807) is 22.5 Å². The minimum Gasteiger partial charge on any atom is -0.329 e. The molecule has 0 spiro atoms. The van der Waals surface area contributed by atoms with E-state index >= 15 is 0 Å². The normalized spacial score (nSPS) is 16.3. The lowest BCUT2D eigenvalue weighted by atomic mass is 10.1. The Kier molecular flexibility index (Phi) is 5.42. The van der Waals surface area contributed by atoms with Gasteiger partial charge in [-0.2, -0.15) is 9.57 Å². The lowest BCUT2D eigenvalue weighted by molar-refractivity contribution is -0.917. The van der Waals surface area contributed by atoms with Gasteiger partial charge in [-0.1, -0.05) is 18.2 Å². The third-order valence-corrected chi connectivity index (χ3v) is 6.95. The summed E-state index contributed by atoms with van der Waals surface area (Å²) in [5.41, 5.74) is 3.87. The molecule has 1 aliphatic heterocycles. The molecule has 6 heteroatoms. The second kappa shape index (κ2) is 7.58. The van der Waals surface area contributed by atoms with Crippen molar-refractivity contribution in [3.8, 4) is 6.07 Å². The van der Waals surface area contributed by atoms with Gasteiger partial charge in [0, 0.05) is 5.56 Å². The molecule has 136 valence electrons. The minimum atomic E-state index is -3.43. The van der Waals surface area contributed by atoms with E-state index in [1.807, 2.05) is 38.1 Å². The maximum absolute atomic E-state index is 12.9. The fraction of sp³-hybridized carbons (Fsp3) is 0.350. The second-order valence-electron chi connectivity index (χ2n) is 6.89. The van der Waals surface area contributed by atoms with E-state index in [1.165, 1.54) is 4.90 Å². The zero-order chi connectivity index (χ0) is 18.7. The number of nitrogens with zero attached hydrogens (tertiary/aromatic N) is 2. The fourth-order valence-corrected chi connectivity index (χ4v) is 4.81. The van der Waals surface area contributed by atoms with Crippen LogP contribution in [-0.4, -0.2) is 38.9 Å². The Morgan fingerprint density at radius 3 is 2.46 bits per heavy atom. The minimum absolute atomic E-state index is 0.380. The quantitative estimate of drug-likeness (QED) is 0.881. The van der Waals surface area contributed by atoms with Gasteiger partial charge >= 0.3 is 0 Å². The van der Waals surface area contributed by atoms with Gasteiger partial charge in [0.15, 0.2) is 0 Å². The van der Waals surface area contributed by atoms with E-state index in [0.717, 1.165) is 36.3 Å². The molecule has 0 aliphatic carbocycles. The Morgan fingerprint density at radius 1 is 1.08 bits per heavy atom. The number of rotatable bonds is 4. The van der Waals surface area contributed by atoms with Crippen LogP contribution in [-0.2, 0) is 16.6 Å². The van der Waals surface area contributed by atoms with E-state index in [4.69, 9.17) is 5.26 Å². The maximum Gasteiger partial charge on any atom is 0.243 e. The lowest BCUT2D eigenvalue weighted by Gasteiger charge is -2.31. The zero-order valence-corrected chi connectivity index (χ0v) is 16.0. The van der Waals surface area contributed by atoms with Crippen LogP contribution in [0.15, 0.2) is 47.4 Å². The second-order valence-corrected chi connectivity index (χ2v) is 8.83. The van der Waals surface area contributed by atoms with Crippen molar-refractivity contribution < 1.29 is 13.3 Å². The molecule has 0 unspecified atom stereocenters. The van der Waals surface area contributed by atoms with Crippen LogP contribution in [0.1, 0.15) is 22.3 Å². The first-order valence-corrected chi connectivity index (χ1v) is 10.2. The average molecular weight is 370 g/mol. The molecule has 0 bridgehead atoms. The predicted octanol–water partition coefficient (Wildman–Crippen LogP) is 1.26. The van der Waals surface area contributed by atoms with Gasteiger partial charge in [-0.05, 0) is 49.2 Å². The van der Waals surface area contributed by atoms with E-state index in [-0.39, 0.29) is 0 Å². The lowest BCUT2D eigenvalue weighted by Crippen LogP contribution is -3.13. The van der Waals surface area contributed by atoms with Crippen LogP contribution in [0.2, 0.25) is 0 Å². The molecule has 0 radical (unpaired) electrons. The van der Waals surface area contributed by atoms with Gasteiger partial charge in [0.1, 0.15) is 6.54 Å². The van der Waals surface area contributed by atoms with Gasteiger partial charge in [0.2, 0.25) is 10.0 Å². The summed E-state index contributed by atoms with van der Waals surface area (Å²) in [6.07, 6.45) is 0. The van der Waals surface area contributed by atoms with E-state index in [0.29, 0.717) is 23.5 Å². The van der Waals surface area contributed by atoms with Gasteiger partial charge < -0.3 is 4.90 Å². The molecule has 2 aromatic carbocycles. The Bertz CT molecular complexity index is 940. The number of hydrogen-bond donors (Lipinski definition) is 1. The molecule has 26 heavy (non-hydrogen) atoms. The number of benzene rings is 2. The summed E-state index contributed by atoms with van der Waals surface area (Å²) in [5.74, 6) is 0. The number of sulfonamides is 1. The summed E-state index contributed by atoms with van der Waals surface area (Å²) < 4.78 is 27.3. The van der Waals surface area contributed by atoms with Crippen molar-refractivity contribution in [1.29, 1.82) is 5.26 Å². The molecule has 1 heterocycles.